The Morgan fingerprint density at radius 2 is 2.00 bits per heavy atom. The average molecular weight is 354 g/mol. The number of thiophene rings is 1. The Morgan fingerprint density at radius 3 is 2.55 bits per heavy atom. The van der Waals surface area contributed by atoms with Crippen molar-refractivity contribution in [3.05, 3.63) is 49.6 Å². The van der Waals surface area contributed by atoms with Crippen LogP contribution in [0.15, 0.2) is 27.4 Å². The summed E-state index contributed by atoms with van der Waals surface area (Å²) in [5, 5.41) is 5.78. The van der Waals surface area contributed by atoms with Gasteiger partial charge in [0.2, 0.25) is 0 Å². The maximum absolute atomic E-state index is 5.40. The molecule has 0 spiro atoms. The standard InChI is InChI=1S/C16H20BrNOS/c1-5-18-16(12-8-15(17)20-9-12)13-6-11(3)14(19-4)7-10(13)2/h6-9,16,18H,5H2,1-4H3. The summed E-state index contributed by atoms with van der Waals surface area (Å²) in [4.78, 5) is 0. The van der Waals surface area contributed by atoms with Gasteiger partial charge in [-0.05, 0) is 76.1 Å². The van der Waals surface area contributed by atoms with E-state index >= 15 is 0 Å². The number of benzene rings is 1. The van der Waals surface area contributed by atoms with Crippen LogP contribution >= 0.6 is 27.3 Å². The minimum Gasteiger partial charge on any atom is -0.496 e. The van der Waals surface area contributed by atoms with Crippen molar-refractivity contribution in [3.8, 4) is 5.75 Å². The Morgan fingerprint density at radius 1 is 1.25 bits per heavy atom. The third-order valence-corrected chi connectivity index (χ3v) is 4.95. The molecule has 1 N–H and O–H groups in total. The van der Waals surface area contributed by atoms with Crippen molar-refractivity contribution >= 4 is 27.3 Å². The Bertz CT molecular complexity index is 594. The summed E-state index contributed by atoms with van der Waals surface area (Å²) < 4.78 is 6.57. The minimum atomic E-state index is 0.229. The van der Waals surface area contributed by atoms with Gasteiger partial charge in [-0.2, -0.15) is 0 Å². The lowest BCUT2D eigenvalue weighted by Crippen LogP contribution is -2.22. The number of rotatable bonds is 5. The predicted octanol–water partition coefficient (Wildman–Crippen LogP) is 4.83. The highest BCUT2D eigenvalue weighted by atomic mass is 79.9. The number of ether oxygens (including phenoxy) is 1. The number of hydrogen-bond acceptors (Lipinski definition) is 3. The second-order valence-corrected chi connectivity index (χ2v) is 7.14. The third-order valence-electron chi connectivity index (χ3n) is 3.42. The van der Waals surface area contributed by atoms with Crippen LogP contribution in [0.3, 0.4) is 0 Å². The zero-order chi connectivity index (χ0) is 14.7. The van der Waals surface area contributed by atoms with Crippen molar-refractivity contribution in [1.82, 2.24) is 5.32 Å². The second kappa shape index (κ2) is 6.74. The Labute approximate surface area is 133 Å². The van der Waals surface area contributed by atoms with Gasteiger partial charge in [-0.1, -0.05) is 13.0 Å². The monoisotopic (exact) mass is 353 g/mol. The molecule has 2 rings (SSSR count). The Balaban J connectivity index is 2.46. The lowest BCUT2D eigenvalue weighted by atomic mass is 9.94. The van der Waals surface area contributed by atoms with Crippen LogP contribution in [-0.2, 0) is 0 Å². The van der Waals surface area contributed by atoms with Gasteiger partial charge in [-0.3, -0.25) is 0 Å². The highest BCUT2D eigenvalue weighted by Gasteiger charge is 2.18. The quantitative estimate of drug-likeness (QED) is 0.830. The predicted molar refractivity (Wildman–Crippen MR) is 90.0 cm³/mol. The van der Waals surface area contributed by atoms with Crippen LogP contribution in [0.2, 0.25) is 0 Å². The number of halogens is 1. The fraction of sp³-hybridized carbons (Fsp3) is 0.375. The molecule has 0 aliphatic rings. The number of aryl methyl sites for hydroxylation is 2. The lowest BCUT2D eigenvalue weighted by molar-refractivity contribution is 0.411. The van der Waals surface area contributed by atoms with Gasteiger partial charge in [0.1, 0.15) is 5.75 Å². The molecule has 0 aliphatic heterocycles. The molecule has 1 unspecified atom stereocenters. The number of hydrogen-bond donors (Lipinski definition) is 1. The van der Waals surface area contributed by atoms with E-state index in [0.717, 1.165) is 12.3 Å². The minimum absolute atomic E-state index is 0.229. The Kier molecular flexibility index (Phi) is 5.24. The van der Waals surface area contributed by atoms with Gasteiger partial charge >= 0.3 is 0 Å². The van der Waals surface area contributed by atoms with E-state index in [4.69, 9.17) is 4.74 Å². The molecule has 2 aromatic rings. The van der Waals surface area contributed by atoms with Crippen molar-refractivity contribution in [2.75, 3.05) is 13.7 Å². The van der Waals surface area contributed by atoms with Gasteiger partial charge in [0.25, 0.3) is 0 Å². The molecule has 108 valence electrons. The van der Waals surface area contributed by atoms with Crippen molar-refractivity contribution in [1.29, 1.82) is 0 Å². The highest BCUT2D eigenvalue weighted by molar-refractivity contribution is 9.11. The summed E-state index contributed by atoms with van der Waals surface area (Å²) in [6, 6.07) is 6.77. The molecule has 0 saturated carbocycles. The molecule has 1 aromatic carbocycles. The molecule has 0 amide bonds. The lowest BCUT2D eigenvalue weighted by Gasteiger charge is -2.21. The van der Waals surface area contributed by atoms with E-state index < -0.39 is 0 Å². The smallest absolute Gasteiger partial charge is 0.122 e. The molecule has 2 nitrogen and oxygen atoms in total. The van der Waals surface area contributed by atoms with E-state index in [1.807, 2.05) is 0 Å². The average Bonchev–Trinajstić information content (AvgIpc) is 2.85. The van der Waals surface area contributed by atoms with Gasteiger partial charge in [-0.15, -0.1) is 11.3 Å². The van der Waals surface area contributed by atoms with Crippen LogP contribution in [0.5, 0.6) is 5.75 Å². The van der Waals surface area contributed by atoms with Crippen molar-refractivity contribution in [2.45, 2.75) is 26.8 Å². The summed E-state index contributed by atoms with van der Waals surface area (Å²) in [5.74, 6) is 0.952. The second-order valence-electron chi connectivity index (χ2n) is 4.85. The SMILES string of the molecule is CCNC(c1csc(Br)c1)c1cc(C)c(OC)cc1C. The van der Waals surface area contributed by atoms with Crippen LogP contribution in [0.1, 0.15) is 35.2 Å². The van der Waals surface area contributed by atoms with Crippen LogP contribution in [-0.4, -0.2) is 13.7 Å². The molecular formula is C16H20BrNOS. The fourth-order valence-electron chi connectivity index (χ4n) is 2.43. The first kappa shape index (κ1) is 15.5. The van der Waals surface area contributed by atoms with Gasteiger partial charge in [0.15, 0.2) is 0 Å². The largest absolute Gasteiger partial charge is 0.496 e. The molecule has 0 bridgehead atoms. The van der Waals surface area contributed by atoms with E-state index in [2.05, 4.69) is 65.6 Å². The number of nitrogens with one attached hydrogen (secondary N) is 1. The van der Waals surface area contributed by atoms with Crippen molar-refractivity contribution in [2.24, 2.45) is 0 Å². The Hall–Kier alpha value is -0.840. The van der Waals surface area contributed by atoms with E-state index in [1.54, 1.807) is 18.4 Å². The van der Waals surface area contributed by atoms with Gasteiger partial charge in [-0.25, -0.2) is 0 Å². The van der Waals surface area contributed by atoms with E-state index in [1.165, 1.54) is 26.0 Å². The van der Waals surface area contributed by atoms with Crippen molar-refractivity contribution in [3.63, 3.8) is 0 Å². The van der Waals surface area contributed by atoms with E-state index in [9.17, 15) is 0 Å². The zero-order valence-electron chi connectivity index (χ0n) is 12.3. The summed E-state index contributed by atoms with van der Waals surface area (Å²) in [6.45, 7) is 7.31. The molecule has 1 heterocycles. The summed E-state index contributed by atoms with van der Waals surface area (Å²) in [6.07, 6.45) is 0. The first-order valence-electron chi connectivity index (χ1n) is 6.69. The zero-order valence-corrected chi connectivity index (χ0v) is 14.7. The van der Waals surface area contributed by atoms with Crippen molar-refractivity contribution < 1.29 is 4.74 Å². The first-order valence-corrected chi connectivity index (χ1v) is 8.36. The third kappa shape index (κ3) is 3.25. The summed E-state index contributed by atoms with van der Waals surface area (Å²) in [7, 11) is 1.72. The molecule has 0 fully saturated rings. The highest BCUT2D eigenvalue weighted by Crippen LogP contribution is 2.33. The molecule has 0 radical (unpaired) electrons. The van der Waals surface area contributed by atoms with Gasteiger partial charge in [0.05, 0.1) is 16.9 Å². The molecule has 0 aliphatic carbocycles. The first-order chi connectivity index (χ1) is 9.56. The van der Waals surface area contributed by atoms with Gasteiger partial charge < -0.3 is 10.1 Å². The van der Waals surface area contributed by atoms with Crippen LogP contribution < -0.4 is 10.1 Å². The molecular weight excluding hydrogens is 334 g/mol. The molecule has 1 atom stereocenters. The molecule has 4 heteroatoms. The molecule has 1 aromatic heterocycles. The van der Waals surface area contributed by atoms with Crippen LogP contribution in [0.4, 0.5) is 0 Å². The van der Waals surface area contributed by atoms with Crippen LogP contribution in [0, 0.1) is 13.8 Å². The maximum Gasteiger partial charge on any atom is 0.122 e. The summed E-state index contributed by atoms with van der Waals surface area (Å²) in [5.41, 5.74) is 5.04. The van der Waals surface area contributed by atoms with Crippen LogP contribution in [0.25, 0.3) is 0 Å². The topological polar surface area (TPSA) is 21.3 Å². The van der Waals surface area contributed by atoms with E-state index in [-0.39, 0.29) is 6.04 Å². The summed E-state index contributed by atoms with van der Waals surface area (Å²) >= 11 is 5.27. The number of methoxy groups -OCH3 is 1. The normalized spacial score (nSPS) is 12.4. The molecule has 20 heavy (non-hydrogen) atoms. The van der Waals surface area contributed by atoms with E-state index in [0.29, 0.717) is 0 Å². The maximum atomic E-state index is 5.40. The fourth-order valence-corrected chi connectivity index (χ4v) is 3.63. The van der Waals surface area contributed by atoms with Gasteiger partial charge in [0, 0.05) is 0 Å². The molecule has 0 saturated heterocycles.